The molecule has 3 heterocycles. The Bertz CT molecular complexity index is 943. The zero-order chi connectivity index (χ0) is 17.9. The van der Waals surface area contributed by atoms with Gasteiger partial charge in [0.05, 0.1) is 23.9 Å². The first kappa shape index (κ1) is 16.8. The Morgan fingerprint density at radius 2 is 1.92 bits per heavy atom. The maximum Gasteiger partial charge on any atom is 0.140 e. The van der Waals surface area contributed by atoms with Crippen LogP contribution in [0.2, 0.25) is 0 Å². The lowest BCUT2D eigenvalue weighted by molar-refractivity contribution is 0.230. The van der Waals surface area contributed by atoms with Gasteiger partial charge >= 0.3 is 0 Å². The summed E-state index contributed by atoms with van der Waals surface area (Å²) in [4.78, 5) is 7.46. The summed E-state index contributed by atoms with van der Waals surface area (Å²) < 4.78 is 2.23. The molecule has 0 amide bonds. The third-order valence-electron chi connectivity index (χ3n) is 5.04. The van der Waals surface area contributed by atoms with Crippen LogP contribution in [0.4, 0.5) is 0 Å². The van der Waals surface area contributed by atoms with Crippen molar-refractivity contribution >= 4 is 5.65 Å². The lowest BCUT2D eigenvalue weighted by atomic mass is 10.1. The molecule has 3 aromatic rings. The number of hydrogen-bond acceptors (Lipinski definition) is 4. The molecule has 1 aliphatic heterocycles. The molecule has 0 saturated carbocycles. The van der Waals surface area contributed by atoms with E-state index in [1.807, 2.05) is 12.1 Å². The van der Waals surface area contributed by atoms with E-state index in [4.69, 9.17) is 10.2 Å². The van der Waals surface area contributed by atoms with Gasteiger partial charge in [-0.2, -0.15) is 5.26 Å². The number of hydrogen-bond donors (Lipinski definition) is 1. The van der Waals surface area contributed by atoms with Crippen LogP contribution in [0.15, 0.2) is 42.6 Å². The first-order chi connectivity index (χ1) is 12.8. The first-order valence-corrected chi connectivity index (χ1v) is 9.12. The lowest BCUT2D eigenvalue weighted by Gasteiger charge is -2.27. The Kier molecular flexibility index (Phi) is 4.70. The van der Waals surface area contributed by atoms with Gasteiger partial charge < -0.3 is 9.72 Å². The molecule has 0 radical (unpaired) electrons. The molecular formula is C21H23N5. The van der Waals surface area contributed by atoms with Crippen molar-refractivity contribution in [1.82, 2.24) is 19.6 Å². The predicted octanol–water partition coefficient (Wildman–Crippen LogP) is 2.78. The van der Waals surface area contributed by atoms with Crippen molar-refractivity contribution in [2.45, 2.75) is 19.9 Å². The Labute approximate surface area is 153 Å². The molecular weight excluding hydrogens is 322 g/mol. The molecule has 1 aliphatic rings. The summed E-state index contributed by atoms with van der Waals surface area (Å²) in [7, 11) is 0. The molecule has 0 unspecified atom stereocenters. The second kappa shape index (κ2) is 7.28. The number of rotatable bonds is 4. The van der Waals surface area contributed by atoms with Crippen LogP contribution in [0, 0.1) is 18.3 Å². The molecule has 1 saturated heterocycles. The summed E-state index contributed by atoms with van der Waals surface area (Å²) in [6.45, 7) is 7.18. The fourth-order valence-corrected chi connectivity index (χ4v) is 3.59. The molecule has 0 bridgehead atoms. The lowest BCUT2D eigenvalue weighted by Crippen LogP contribution is -2.43. The summed E-state index contributed by atoms with van der Waals surface area (Å²) in [5.41, 5.74) is 6.63. The van der Waals surface area contributed by atoms with Gasteiger partial charge in [0, 0.05) is 44.5 Å². The second-order valence-electron chi connectivity index (χ2n) is 6.85. The Hall–Kier alpha value is -2.68. The molecule has 0 aliphatic carbocycles. The number of aryl methyl sites for hydroxylation is 1. The van der Waals surface area contributed by atoms with Crippen LogP contribution in [-0.4, -0.2) is 40.5 Å². The van der Waals surface area contributed by atoms with Gasteiger partial charge in [-0.3, -0.25) is 4.90 Å². The van der Waals surface area contributed by atoms with Crippen LogP contribution >= 0.6 is 0 Å². The van der Waals surface area contributed by atoms with Crippen LogP contribution < -0.4 is 5.32 Å². The van der Waals surface area contributed by atoms with Crippen molar-refractivity contribution < 1.29 is 0 Å². The van der Waals surface area contributed by atoms with Crippen molar-refractivity contribution in [2.24, 2.45) is 0 Å². The number of benzene rings is 1. The van der Waals surface area contributed by atoms with Gasteiger partial charge in [0.25, 0.3) is 0 Å². The minimum Gasteiger partial charge on any atom is -0.314 e. The quantitative estimate of drug-likeness (QED) is 0.790. The van der Waals surface area contributed by atoms with Gasteiger partial charge in [-0.15, -0.1) is 0 Å². The molecule has 0 spiro atoms. The number of aromatic nitrogens is 2. The fourth-order valence-electron chi connectivity index (χ4n) is 3.59. The minimum atomic E-state index is 0.443. The van der Waals surface area contributed by atoms with E-state index >= 15 is 0 Å². The monoisotopic (exact) mass is 345 g/mol. The maximum atomic E-state index is 8.88. The Morgan fingerprint density at radius 3 is 2.65 bits per heavy atom. The smallest absolute Gasteiger partial charge is 0.140 e. The average Bonchev–Trinajstić information content (AvgIpc) is 3.03. The molecule has 5 nitrogen and oxygen atoms in total. The summed E-state index contributed by atoms with van der Waals surface area (Å²) in [5, 5.41) is 12.3. The van der Waals surface area contributed by atoms with Crippen molar-refractivity contribution in [3.8, 4) is 17.3 Å². The molecule has 26 heavy (non-hydrogen) atoms. The highest BCUT2D eigenvalue weighted by atomic mass is 15.2. The molecule has 1 fully saturated rings. The molecule has 2 aromatic heterocycles. The van der Waals surface area contributed by atoms with E-state index in [0.29, 0.717) is 6.42 Å². The predicted molar refractivity (Wildman–Crippen MR) is 103 cm³/mol. The van der Waals surface area contributed by atoms with Crippen LogP contribution in [0.5, 0.6) is 0 Å². The van der Waals surface area contributed by atoms with Crippen LogP contribution in [0.3, 0.4) is 0 Å². The number of nitrogens with zero attached hydrogens (tertiary/aromatic N) is 4. The Balaban J connectivity index is 1.78. The van der Waals surface area contributed by atoms with E-state index in [-0.39, 0.29) is 0 Å². The third kappa shape index (κ3) is 3.22. The number of fused-ring (bicyclic) bond motifs is 1. The third-order valence-corrected chi connectivity index (χ3v) is 5.04. The number of imidazole rings is 1. The molecule has 0 atom stereocenters. The zero-order valence-corrected chi connectivity index (χ0v) is 15.1. The summed E-state index contributed by atoms with van der Waals surface area (Å²) in [6.07, 6.45) is 2.55. The van der Waals surface area contributed by atoms with Gasteiger partial charge in [-0.05, 0) is 24.1 Å². The molecule has 132 valence electrons. The number of nitrogens with one attached hydrogen (secondary N) is 1. The van der Waals surface area contributed by atoms with E-state index < -0.39 is 0 Å². The molecule has 4 rings (SSSR count). The number of piperazine rings is 1. The van der Waals surface area contributed by atoms with Crippen LogP contribution in [0.25, 0.3) is 16.9 Å². The van der Waals surface area contributed by atoms with E-state index in [1.165, 1.54) is 11.3 Å². The molecule has 1 N–H and O–H groups in total. The average molecular weight is 345 g/mol. The summed E-state index contributed by atoms with van der Waals surface area (Å²) in [5.74, 6) is 0. The topological polar surface area (TPSA) is 56.4 Å². The van der Waals surface area contributed by atoms with E-state index in [0.717, 1.165) is 55.2 Å². The number of nitriles is 1. The minimum absolute atomic E-state index is 0.443. The maximum absolute atomic E-state index is 8.88. The van der Waals surface area contributed by atoms with Crippen LogP contribution in [0.1, 0.15) is 16.8 Å². The largest absolute Gasteiger partial charge is 0.314 e. The Morgan fingerprint density at radius 1 is 1.15 bits per heavy atom. The van der Waals surface area contributed by atoms with Gasteiger partial charge in [0.15, 0.2) is 0 Å². The van der Waals surface area contributed by atoms with Crippen molar-refractivity contribution in [3.05, 3.63) is 59.4 Å². The van der Waals surface area contributed by atoms with Crippen molar-refractivity contribution in [3.63, 3.8) is 0 Å². The standard InChI is InChI=1S/C21H23N5/c1-16-3-2-12-26-19(15-25-13-10-23-11-14-25)20(24-21(16)26)18-6-4-17(5-7-18)8-9-22/h2-7,12,23H,8,10-11,13-15H2,1H3. The van der Waals surface area contributed by atoms with Crippen molar-refractivity contribution in [1.29, 1.82) is 5.26 Å². The summed E-state index contributed by atoms with van der Waals surface area (Å²) >= 11 is 0. The van der Waals surface area contributed by atoms with Gasteiger partial charge in [0.1, 0.15) is 5.65 Å². The van der Waals surface area contributed by atoms with E-state index in [9.17, 15) is 0 Å². The SMILES string of the molecule is Cc1cccn2c(CN3CCNCC3)c(-c3ccc(CC#N)cc3)nc12. The van der Waals surface area contributed by atoms with E-state index in [2.05, 4.69) is 58.1 Å². The first-order valence-electron chi connectivity index (χ1n) is 9.12. The van der Waals surface area contributed by atoms with Gasteiger partial charge in [-0.1, -0.05) is 30.3 Å². The molecule has 5 heteroatoms. The highest BCUT2D eigenvalue weighted by Crippen LogP contribution is 2.27. The highest BCUT2D eigenvalue weighted by Gasteiger charge is 2.19. The van der Waals surface area contributed by atoms with Crippen LogP contribution in [-0.2, 0) is 13.0 Å². The fraction of sp³-hybridized carbons (Fsp3) is 0.333. The zero-order valence-electron chi connectivity index (χ0n) is 15.1. The van der Waals surface area contributed by atoms with Gasteiger partial charge in [0.2, 0.25) is 0 Å². The van der Waals surface area contributed by atoms with E-state index in [1.54, 1.807) is 0 Å². The highest BCUT2D eigenvalue weighted by molar-refractivity contribution is 5.68. The molecule has 1 aromatic carbocycles. The second-order valence-corrected chi connectivity index (χ2v) is 6.85. The summed E-state index contributed by atoms with van der Waals surface area (Å²) in [6, 6.07) is 14.6. The normalized spacial score (nSPS) is 15.2. The van der Waals surface area contributed by atoms with Gasteiger partial charge in [-0.25, -0.2) is 4.98 Å². The number of pyridine rings is 1. The van der Waals surface area contributed by atoms with Crippen molar-refractivity contribution in [2.75, 3.05) is 26.2 Å².